The molecule has 0 amide bonds. The molecule has 24 heavy (non-hydrogen) atoms. The van der Waals surface area contributed by atoms with E-state index in [1.54, 1.807) is 6.07 Å². The number of hydrogen-bond acceptors (Lipinski definition) is 4. The molecule has 0 radical (unpaired) electrons. The predicted molar refractivity (Wildman–Crippen MR) is 88.3 cm³/mol. The fourth-order valence-electron chi connectivity index (χ4n) is 3.21. The molecule has 3 aromatic rings. The minimum atomic E-state index is -3.59. The summed E-state index contributed by atoms with van der Waals surface area (Å²) in [6.07, 6.45) is 5.57. The topological polar surface area (TPSA) is 88.3 Å². The normalized spacial score (nSPS) is 17.5. The Bertz CT molecular complexity index is 1010. The summed E-state index contributed by atoms with van der Waals surface area (Å²) < 4.78 is 34.2. The van der Waals surface area contributed by atoms with E-state index >= 15 is 0 Å². The molecule has 7 nitrogen and oxygen atoms in total. The Morgan fingerprint density at radius 2 is 1.83 bits per heavy atom. The lowest BCUT2D eigenvalue weighted by Crippen LogP contribution is -2.38. The number of sulfonamides is 1. The van der Waals surface area contributed by atoms with Crippen LogP contribution in [0.25, 0.3) is 11.1 Å². The number of piperidine rings is 1. The smallest absolute Gasteiger partial charge is 0.408 e. The third-order valence-corrected chi connectivity index (χ3v) is 6.40. The van der Waals surface area contributed by atoms with Crippen LogP contribution in [0.15, 0.2) is 56.8 Å². The third kappa shape index (κ3) is 2.57. The highest BCUT2D eigenvalue weighted by molar-refractivity contribution is 7.89. The minimum absolute atomic E-state index is 0.150. The fourth-order valence-corrected chi connectivity index (χ4v) is 4.69. The summed E-state index contributed by atoms with van der Waals surface area (Å²) in [5.74, 6) is -0.591. The Morgan fingerprint density at radius 1 is 1.12 bits per heavy atom. The number of rotatable bonds is 3. The van der Waals surface area contributed by atoms with Gasteiger partial charge in [-0.25, -0.2) is 13.2 Å². The minimum Gasteiger partial charge on any atom is -0.408 e. The number of aromatic nitrogens is 2. The highest BCUT2D eigenvalue weighted by atomic mass is 32.2. The SMILES string of the molecule is O=c1[nH]c2ccc(S(=O)(=O)N3CCC(n4cccc4)CC3)cc2o1. The van der Waals surface area contributed by atoms with E-state index < -0.39 is 15.8 Å². The van der Waals surface area contributed by atoms with Gasteiger partial charge >= 0.3 is 5.76 Å². The van der Waals surface area contributed by atoms with E-state index in [9.17, 15) is 13.2 Å². The third-order valence-electron chi connectivity index (χ3n) is 4.50. The number of hydrogen-bond donors (Lipinski definition) is 1. The quantitative estimate of drug-likeness (QED) is 0.784. The van der Waals surface area contributed by atoms with Crippen molar-refractivity contribution >= 4 is 21.1 Å². The van der Waals surface area contributed by atoms with Gasteiger partial charge in [0, 0.05) is 37.6 Å². The molecule has 2 aromatic heterocycles. The van der Waals surface area contributed by atoms with Crippen molar-refractivity contribution in [2.75, 3.05) is 13.1 Å². The first-order valence-electron chi connectivity index (χ1n) is 7.79. The number of fused-ring (bicyclic) bond motifs is 1. The van der Waals surface area contributed by atoms with Gasteiger partial charge < -0.3 is 8.98 Å². The fraction of sp³-hybridized carbons (Fsp3) is 0.312. The second-order valence-corrected chi connectivity index (χ2v) is 7.88. The molecule has 1 aromatic carbocycles. The molecule has 4 rings (SSSR count). The Hall–Kier alpha value is -2.32. The monoisotopic (exact) mass is 347 g/mol. The average molecular weight is 347 g/mol. The van der Waals surface area contributed by atoms with Crippen LogP contribution in [0, 0.1) is 0 Å². The van der Waals surface area contributed by atoms with Crippen molar-refractivity contribution in [2.24, 2.45) is 0 Å². The largest absolute Gasteiger partial charge is 0.417 e. The van der Waals surface area contributed by atoms with Gasteiger partial charge in [0.2, 0.25) is 10.0 Å². The molecular weight excluding hydrogens is 330 g/mol. The van der Waals surface area contributed by atoms with Crippen LogP contribution in [0.2, 0.25) is 0 Å². The molecule has 1 saturated heterocycles. The summed E-state index contributed by atoms with van der Waals surface area (Å²) in [4.78, 5) is 13.9. The first-order valence-corrected chi connectivity index (χ1v) is 9.23. The van der Waals surface area contributed by atoms with Gasteiger partial charge in [-0.3, -0.25) is 4.98 Å². The first kappa shape index (κ1) is 15.2. The molecule has 0 atom stereocenters. The molecule has 8 heteroatoms. The lowest BCUT2D eigenvalue weighted by atomic mass is 10.1. The van der Waals surface area contributed by atoms with E-state index in [0.29, 0.717) is 24.6 Å². The summed E-state index contributed by atoms with van der Waals surface area (Å²) in [7, 11) is -3.59. The van der Waals surface area contributed by atoms with Crippen molar-refractivity contribution in [1.29, 1.82) is 0 Å². The van der Waals surface area contributed by atoms with Crippen LogP contribution in [0.3, 0.4) is 0 Å². The number of oxazole rings is 1. The zero-order valence-corrected chi connectivity index (χ0v) is 13.7. The molecule has 1 N–H and O–H groups in total. The lowest BCUT2D eigenvalue weighted by molar-refractivity contribution is 0.274. The van der Waals surface area contributed by atoms with Crippen LogP contribution in [0.4, 0.5) is 0 Å². The molecule has 1 aliphatic heterocycles. The Morgan fingerprint density at radius 3 is 2.54 bits per heavy atom. The molecule has 0 unspecified atom stereocenters. The van der Waals surface area contributed by atoms with Gasteiger partial charge in [-0.05, 0) is 37.1 Å². The van der Waals surface area contributed by atoms with Crippen molar-refractivity contribution in [3.8, 4) is 0 Å². The zero-order chi connectivity index (χ0) is 16.7. The van der Waals surface area contributed by atoms with E-state index in [0.717, 1.165) is 12.8 Å². The molecule has 126 valence electrons. The van der Waals surface area contributed by atoms with Crippen LogP contribution in [0.5, 0.6) is 0 Å². The van der Waals surface area contributed by atoms with Crippen molar-refractivity contribution < 1.29 is 12.8 Å². The van der Waals surface area contributed by atoms with E-state index in [-0.39, 0.29) is 10.5 Å². The second kappa shape index (κ2) is 5.64. The van der Waals surface area contributed by atoms with Crippen molar-refractivity contribution in [1.82, 2.24) is 13.9 Å². The average Bonchev–Trinajstić information content (AvgIpc) is 3.22. The summed E-state index contributed by atoms with van der Waals surface area (Å²) >= 11 is 0. The summed E-state index contributed by atoms with van der Waals surface area (Å²) in [6.45, 7) is 0.945. The van der Waals surface area contributed by atoms with Crippen LogP contribution in [0.1, 0.15) is 18.9 Å². The van der Waals surface area contributed by atoms with Crippen LogP contribution in [-0.2, 0) is 10.0 Å². The molecule has 0 saturated carbocycles. The van der Waals surface area contributed by atoms with Gasteiger partial charge in [0.1, 0.15) is 0 Å². The molecule has 1 fully saturated rings. The number of H-pyrrole nitrogens is 1. The van der Waals surface area contributed by atoms with Crippen molar-refractivity contribution in [3.05, 3.63) is 53.3 Å². The second-order valence-electron chi connectivity index (χ2n) is 5.94. The zero-order valence-electron chi connectivity index (χ0n) is 12.9. The van der Waals surface area contributed by atoms with Gasteiger partial charge in [0.05, 0.1) is 10.4 Å². The summed E-state index contributed by atoms with van der Waals surface area (Å²) in [6, 6.07) is 8.74. The maximum atomic E-state index is 12.8. The molecule has 0 spiro atoms. The number of nitrogens with zero attached hydrogens (tertiary/aromatic N) is 2. The standard InChI is InChI=1S/C16H17N3O4S/c20-16-17-14-4-3-13(11-15(14)23-16)24(21,22)19-9-5-12(6-10-19)18-7-1-2-8-18/h1-4,7-8,11-12H,5-6,9-10H2,(H,17,20). The maximum Gasteiger partial charge on any atom is 0.417 e. The van der Waals surface area contributed by atoms with Gasteiger partial charge in [0.15, 0.2) is 5.58 Å². The molecule has 3 heterocycles. The number of nitrogens with one attached hydrogen (secondary N) is 1. The van der Waals surface area contributed by atoms with Gasteiger partial charge in [-0.2, -0.15) is 4.31 Å². The highest BCUT2D eigenvalue weighted by Gasteiger charge is 2.30. The van der Waals surface area contributed by atoms with E-state index in [1.165, 1.54) is 16.4 Å². The van der Waals surface area contributed by atoms with Crippen molar-refractivity contribution in [2.45, 2.75) is 23.8 Å². The summed E-state index contributed by atoms with van der Waals surface area (Å²) in [5, 5.41) is 0. The maximum absolute atomic E-state index is 12.8. The molecule has 0 bridgehead atoms. The highest BCUT2D eigenvalue weighted by Crippen LogP contribution is 2.27. The van der Waals surface area contributed by atoms with Gasteiger partial charge in [-0.1, -0.05) is 0 Å². The van der Waals surface area contributed by atoms with Gasteiger partial charge in [0.25, 0.3) is 0 Å². The number of benzene rings is 1. The molecule has 0 aliphatic carbocycles. The lowest BCUT2D eigenvalue weighted by Gasteiger charge is -2.32. The first-order chi connectivity index (χ1) is 11.5. The number of aromatic amines is 1. The Labute approximate surface area is 138 Å². The van der Waals surface area contributed by atoms with Gasteiger partial charge in [-0.15, -0.1) is 0 Å². The van der Waals surface area contributed by atoms with E-state index in [1.807, 2.05) is 24.5 Å². The van der Waals surface area contributed by atoms with Crippen molar-refractivity contribution in [3.63, 3.8) is 0 Å². The summed E-state index contributed by atoms with van der Waals surface area (Å²) in [5.41, 5.74) is 0.744. The Kier molecular flexibility index (Phi) is 3.58. The molecule has 1 aliphatic rings. The van der Waals surface area contributed by atoms with E-state index in [4.69, 9.17) is 4.42 Å². The Balaban J connectivity index is 1.57. The predicted octanol–water partition coefficient (Wildman–Crippen LogP) is 1.95. The van der Waals surface area contributed by atoms with E-state index in [2.05, 4.69) is 9.55 Å². The van der Waals surface area contributed by atoms with Crippen LogP contribution < -0.4 is 5.76 Å². The van der Waals surface area contributed by atoms with Crippen LogP contribution in [-0.4, -0.2) is 35.4 Å². The molecular formula is C16H17N3O4S. The van der Waals surface area contributed by atoms with Crippen LogP contribution >= 0.6 is 0 Å².